The number of aromatic nitrogens is 3. The van der Waals surface area contributed by atoms with Crippen LogP contribution in [0.1, 0.15) is 17.3 Å². The Kier molecular flexibility index (Phi) is 6.33. The molecule has 0 radical (unpaired) electrons. The van der Waals surface area contributed by atoms with Crippen LogP contribution in [0.4, 0.5) is 11.4 Å². The van der Waals surface area contributed by atoms with Crippen molar-refractivity contribution in [2.24, 2.45) is 0 Å². The minimum Gasteiger partial charge on any atom is -0.484 e. The van der Waals surface area contributed by atoms with Crippen LogP contribution in [-0.2, 0) is 4.79 Å². The Balaban J connectivity index is 1.69. The Morgan fingerprint density at radius 2 is 1.97 bits per heavy atom. The van der Waals surface area contributed by atoms with Gasteiger partial charge in [-0.15, -0.1) is 0 Å². The molecule has 30 heavy (non-hydrogen) atoms. The van der Waals surface area contributed by atoms with Crippen LogP contribution in [0.25, 0.3) is 5.69 Å². The van der Waals surface area contributed by atoms with Gasteiger partial charge in [-0.1, -0.05) is 0 Å². The van der Waals surface area contributed by atoms with E-state index in [1.54, 1.807) is 24.3 Å². The van der Waals surface area contributed by atoms with Gasteiger partial charge in [0.05, 0.1) is 4.92 Å². The third-order valence-corrected chi connectivity index (χ3v) is 3.96. The zero-order valence-corrected chi connectivity index (χ0v) is 15.9. The molecule has 0 unspecified atom stereocenters. The molecule has 154 valence electrons. The molecule has 11 heteroatoms. The molecule has 0 aliphatic rings. The van der Waals surface area contributed by atoms with Gasteiger partial charge in [-0.2, -0.15) is 5.10 Å². The average molecular weight is 410 g/mol. The number of hydrogen-bond acceptors (Lipinski definition) is 7. The van der Waals surface area contributed by atoms with Gasteiger partial charge in [-0.3, -0.25) is 19.7 Å². The smallest absolute Gasteiger partial charge is 0.295 e. The van der Waals surface area contributed by atoms with E-state index in [2.05, 4.69) is 20.7 Å². The average Bonchev–Trinajstić information content (AvgIpc) is 3.27. The number of nitro groups is 1. The van der Waals surface area contributed by atoms with Crippen molar-refractivity contribution in [3.8, 4) is 11.4 Å². The fourth-order valence-electron chi connectivity index (χ4n) is 2.57. The summed E-state index contributed by atoms with van der Waals surface area (Å²) in [6.07, 6.45) is 2.59. The molecule has 0 saturated heterocycles. The molecular weight excluding hydrogens is 392 g/mol. The summed E-state index contributed by atoms with van der Waals surface area (Å²) in [6.45, 7) is 2.22. The maximum atomic E-state index is 12.5. The van der Waals surface area contributed by atoms with E-state index in [1.807, 2.05) is 6.92 Å². The summed E-state index contributed by atoms with van der Waals surface area (Å²) < 4.78 is 6.59. The Morgan fingerprint density at radius 1 is 1.20 bits per heavy atom. The normalized spacial score (nSPS) is 10.3. The molecule has 3 rings (SSSR count). The van der Waals surface area contributed by atoms with Crippen LogP contribution < -0.4 is 15.4 Å². The molecule has 0 aliphatic heterocycles. The number of nitrogens with one attached hydrogen (secondary N) is 2. The van der Waals surface area contributed by atoms with E-state index in [1.165, 1.54) is 35.5 Å². The first-order valence-electron chi connectivity index (χ1n) is 8.92. The van der Waals surface area contributed by atoms with E-state index >= 15 is 0 Å². The third kappa shape index (κ3) is 4.95. The molecule has 0 bridgehead atoms. The first-order chi connectivity index (χ1) is 14.5. The van der Waals surface area contributed by atoms with Crippen LogP contribution in [-0.4, -0.2) is 44.7 Å². The van der Waals surface area contributed by atoms with Crippen molar-refractivity contribution in [3.63, 3.8) is 0 Å². The number of nitro benzene ring substituents is 1. The summed E-state index contributed by atoms with van der Waals surface area (Å²) in [5.74, 6) is -0.280. The lowest BCUT2D eigenvalue weighted by Gasteiger charge is -2.09. The minimum absolute atomic E-state index is 0.110. The zero-order valence-electron chi connectivity index (χ0n) is 15.9. The maximum absolute atomic E-state index is 12.5. The van der Waals surface area contributed by atoms with Crippen molar-refractivity contribution in [1.82, 2.24) is 20.1 Å². The molecule has 2 N–H and O–H groups in total. The molecule has 0 saturated carbocycles. The van der Waals surface area contributed by atoms with E-state index in [0.717, 1.165) is 0 Å². The number of ether oxygens (including phenoxy) is 1. The van der Waals surface area contributed by atoms with Gasteiger partial charge in [0, 0.05) is 23.9 Å². The van der Waals surface area contributed by atoms with Crippen LogP contribution in [0, 0.1) is 10.1 Å². The second-order valence-electron chi connectivity index (χ2n) is 6.02. The fraction of sp³-hybridized carbons (Fsp3) is 0.158. The van der Waals surface area contributed by atoms with Gasteiger partial charge >= 0.3 is 0 Å². The van der Waals surface area contributed by atoms with Gasteiger partial charge in [0.2, 0.25) is 0 Å². The van der Waals surface area contributed by atoms with Gasteiger partial charge in [-0.25, -0.2) is 9.67 Å². The van der Waals surface area contributed by atoms with Crippen molar-refractivity contribution in [2.75, 3.05) is 18.5 Å². The summed E-state index contributed by atoms with van der Waals surface area (Å²) in [7, 11) is 0. The maximum Gasteiger partial charge on any atom is 0.295 e. The number of nitrogens with zero attached hydrogens (tertiary/aromatic N) is 4. The Bertz CT molecular complexity index is 1050. The quantitative estimate of drug-likeness (QED) is 0.427. The Hall–Kier alpha value is -4.28. The molecule has 0 fully saturated rings. The summed E-state index contributed by atoms with van der Waals surface area (Å²) >= 11 is 0. The molecule has 11 nitrogen and oxygen atoms in total. The summed E-state index contributed by atoms with van der Waals surface area (Å²) in [4.78, 5) is 38.5. The van der Waals surface area contributed by atoms with Gasteiger partial charge in [-0.05, 0) is 43.3 Å². The largest absolute Gasteiger partial charge is 0.484 e. The highest BCUT2D eigenvalue weighted by Crippen LogP contribution is 2.24. The van der Waals surface area contributed by atoms with Crippen LogP contribution in [0.3, 0.4) is 0 Å². The number of hydrogen-bond donors (Lipinski definition) is 2. The third-order valence-electron chi connectivity index (χ3n) is 3.96. The Morgan fingerprint density at radius 3 is 2.60 bits per heavy atom. The van der Waals surface area contributed by atoms with Crippen LogP contribution in [0.5, 0.6) is 5.75 Å². The van der Waals surface area contributed by atoms with Gasteiger partial charge in [0.25, 0.3) is 17.5 Å². The van der Waals surface area contributed by atoms with Crippen LogP contribution >= 0.6 is 0 Å². The van der Waals surface area contributed by atoms with E-state index in [9.17, 15) is 19.7 Å². The predicted octanol–water partition coefficient (Wildman–Crippen LogP) is 1.94. The number of amides is 2. The van der Waals surface area contributed by atoms with E-state index in [4.69, 9.17) is 4.74 Å². The van der Waals surface area contributed by atoms with Gasteiger partial charge in [0.15, 0.2) is 6.61 Å². The monoisotopic (exact) mass is 410 g/mol. The van der Waals surface area contributed by atoms with Crippen LogP contribution in [0.15, 0.2) is 55.1 Å². The second kappa shape index (κ2) is 9.28. The van der Waals surface area contributed by atoms with Crippen molar-refractivity contribution >= 4 is 23.2 Å². The number of anilines is 1. The number of carbonyl (C=O) groups excluding carboxylic acids is 2. The molecule has 3 aromatic rings. The van der Waals surface area contributed by atoms with Gasteiger partial charge < -0.3 is 15.4 Å². The lowest BCUT2D eigenvalue weighted by molar-refractivity contribution is -0.384. The highest BCUT2D eigenvalue weighted by atomic mass is 16.6. The molecule has 2 amide bonds. The van der Waals surface area contributed by atoms with Crippen molar-refractivity contribution in [3.05, 3.63) is 70.8 Å². The standard InChI is InChI=1S/C19H18N6O5/c1-2-21-18(26)10-30-15-6-4-14(5-7-15)23-19(27)13-3-8-16(17(9-13)25(28)29)24-12-20-11-22-24/h3-9,11-12H,2,10H2,1H3,(H,21,26)(H,23,27). The highest BCUT2D eigenvalue weighted by molar-refractivity contribution is 6.05. The SMILES string of the molecule is CCNC(=O)COc1ccc(NC(=O)c2ccc(-n3cncn3)c([N+](=O)[O-])c2)cc1. The number of rotatable bonds is 8. The number of likely N-dealkylation sites (N-methyl/N-ethyl adjacent to an activating group) is 1. The lowest BCUT2D eigenvalue weighted by atomic mass is 10.1. The number of benzene rings is 2. The second-order valence-corrected chi connectivity index (χ2v) is 6.02. The van der Waals surface area contributed by atoms with E-state index in [0.29, 0.717) is 18.0 Å². The minimum atomic E-state index is -0.589. The molecular formula is C19H18N6O5. The summed E-state index contributed by atoms with van der Waals surface area (Å²) in [6, 6.07) is 10.5. The highest BCUT2D eigenvalue weighted by Gasteiger charge is 2.19. The van der Waals surface area contributed by atoms with Crippen molar-refractivity contribution in [2.45, 2.75) is 6.92 Å². The van der Waals surface area contributed by atoms with E-state index < -0.39 is 10.8 Å². The lowest BCUT2D eigenvalue weighted by Crippen LogP contribution is -2.28. The van der Waals surface area contributed by atoms with E-state index in [-0.39, 0.29) is 29.5 Å². The van der Waals surface area contributed by atoms with Crippen molar-refractivity contribution < 1.29 is 19.2 Å². The first-order valence-corrected chi connectivity index (χ1v) is 8.92. The van der Waals surface area contributed by atoms with Gasteiger partial charge in [0.1, 0.15) is 24.1 Å². The molecule has 1 heterocycles. The van der Waals surface area contributed by atoms with Crippen LogP contribution in [0.2, 0.25) is 0 Å². The number of carbonyl (C=O) groups is 2. The zero-order chi connectivity index (χ0) is 21.5. The molecule has 0 atom stereocenters. The molecule has 0 spiro atoms. The summed E-state index contributed by atoms with van der Waals surface area (Å²) in [5, 5.41) is 20.6. The molecule has 0 aliphatic carbocycles. The first kappa shape index (κ1) is 20.5. The Labute approximate surface area is 170 Å². The molecule has 2 aromatic carbocycles. The molecule has 1 aromatic heterocycles. The van der Waals surface area contributed by atoms with Crippen molar-refractivity contribution in [1.29, 1.82) is 0 Å². The fourth-order valence-corrected chi connectivity index (χ4v) is 2.57. The predicted molar refractivity (Wildman–Crippen MR) is 107 cm³/mol. The summed E-state index contributed by atoms with van der Waals surface area (Å²) in [5.41, 5.74) is 0.500. The topological polar surface area (TPSA) is 141 Å².